The first kappa shape index (κ1) is 25.0. The summed E-state index contributed by atoms with van der Waals surface area (Å²) in [6.45, 7) is 2.96. The number of nitro groups is 1. The van der Waals surface area contributed by atoms with Crippen LogP contribution < -0.4 is 10.1 Å². The minimum absolute atomic E-state index is 0.0750. The first-order valence-electron chi connectivity index (χ1n) is 10.6. The summed E-state index contributed by atoms with van der Waals surface area (Å²) in [6, 6.07) is 13.5. The number of amides is 2. The number of alkyl halides is 1. The second-order valence-corrected chi connectivity index (χ2v) is 11.2. The van der Waals surface area contributed by atoms with Crippen LogP contribution in [-0.2, 0) is 25.7 Å². The van der Waals surface area contributed by atoms with Crippen LogP contribution in [0.5, 0.6) is 5.75 Å². The minimum Gasteiger partial charge on any atom is -0.477 e. The number of halogens is 1. The standard InChI is InChI=1S/C23H22BrN3O7S/c1-13(28)25-22-23(2,24)18(21(30)33-12-14-8-10-15(11-9-14)27(31)32)26-19(29)17(20(26)35-22)34-16-6-4-3-5-7-16/h3-11,17-18,20,22H,12H2,1-2H3,(H,25,28)/t17?,18?,20-,22?,23?/m1/s1. The van der Waals surface area contributed by atoms with Gasteiger partial charge in [0.15, 0.2) is 0 Å². The van der Waals surface area contributed by atoms with E-state index in [9.17, 15) is 24.5 Å². The van der Waals surface area contributed by atoms with Crippen molar-refractivity contribution in [3.8, 4) is 5.75 Å². The highest BCUT2D eigenvalue weighted by atomic mass is 79.9. The molecular weight excluding hydrogens is 542 g/mol. The van der Waals surface area contributed by atoms with Crippen LogP contribution in [0.4, 0.5) is 5.69 Å². The van der Waals surface area contributed by atoms with Gasteiger partial charge in [0.05, 0.1) is 14.6 Å². The van der Waals surface area contributed by atoms with Gasteiger partial charge in [-0.05, 0) is 36.8 Å². The number of thioether (sulfide) groups is 1. The predicted octanol–water partition coefficient (Wildman–Crippen LogP) is 2.99. The molecule has 2 aromatic carbocycles. The van der Waals surface area contributed by atoms with Gasteiger partial charge in [-0.3, -0.25) is 19.7 Å². The van der Waals surface area contributed by atoms with Crippen molar-refractivity contribution in [2.45, 2.75) is 47.7 Å². The van der Waals surface area contributed by atoms with Crippen molar-refractivity contribution in [1.29, 1.82) is 0 Å². The van der Waals surface area contributed by atoms with Crippen molar-refractivity contribution in [2.75, 3.05) is 0 Å². The maximum Gasteiger partial charge on any atom is 0.330 e. The van der Waals surface area contributed by atoms with E-state index in [0.717, 1.165) is 0 Å². The SMILES string of the molecule is CC(=O)NC1S[C@@H]2C(Oc3ccccc3)C(=O)N2C(C(=O)OCc2ccc([N+](=O)[O-])cc2)C1(C)Br. The summed E-state index contributed by atoms with van der Waals surface area (Å²) in [7, 11) is 0. The lowest BCUT2D eigenvalue weighted by Gasteiger charge is -2.58. The fraction of sp³-hybridized carbons (Fsp3) is 0.348. The van der Waals surface area contributed by atoms with E-state index in [-0.39, 0.29) is 24.1 Å². The Balaban J connectivity index is 1.54. The molecule has 0 aromatic heterocycles. The van der Waals surface area contributed by atoms with Crippen molar-refractivity contribution in [1.82, 2.24) is 10.2 Å². The molecule has 4 rings (SSSR count). The third kappa shape index (κ3) is 4.98. The highest BCUT2D eigenvalue weighted by Gasteiger charge is 2.65. The molecule has 2 aromatic rings. The van der Waals surface area contributed by atoms with Crippen molar-refractivity contribution in [3.05, 3.63) is 70.3 Å². The number of para-hydroxylation sites is 1. The topological polar surface area (TPSA) is 128 Å². The number of nitrogens with one attached hydrogen (secondary N) is 1. The number of non-ortho nitro benzene ring substituents is 1. The van der Waals surface area contributed by atoms with Gasteiger partial charge in [-0.25, -0.2) is 4.79 Å². The van der Waals surface area contributed by atoms with Gasteiger partial charge in [0.25, 0.3) is 11.6 Å². The Kier molecular flexibility index (Phi) is 7.04. The Bertz CT molecular complexity index is 1150. The minimum atomic E-state index is -1.05. The first-order chi connectivity index (χ1) is 16.6. The Morgan fingerprint density at radius 2 is 1.86 bits per heavy atom. The molecule has 0 radical (unpaired) electrons. The molecule has 2 fully saturated rings. The molecule has 2 amide bonds. The zero-order valence-corrected chi connectivity index (χ0v) is 21.2. The van der Waals surface area contributed by atoms with Gasteiger partial charge in [0.1, 0.15) is 23.8 Å². The van der Waals surface area contributed by atoms with Crippen LogP contribution in [0.25, 0.3) is 0 Å². The second kappa shape index (κ2) is 9.86. The van der Waals surface area contributed by atoms with Gasteiger partial charge in [-0.2, -0.15) is 0 Å². The monoisotopic (exact) mass is 563 g/mol. The van der Waals surface area contributed by atoms with Gasteiger partial charge >= 0.3 is 5.97 Å². The van der Waals surface area contributed by atoms with E-state index in [1.165, 1.54) is 47.9 Å². The summed E-state index contributed by atoms with van der Waals surface area (Å²) in [5.41, 5.74) is 0.481. The zero-order chi connectivity index (χ0) is 25.3. The highest BCUT2D eigenvalue weighted by molar-refractivity contribution is 9.10. The number of rotatable bonds is 7. The number of β-lactam (4-membered cyclic amide) rings is 1. The van der Waals surface area contributed by atoms with Crippen LogP contribution in [0.15, 0.2) is 54.6 Å². The van der Waals surface area contributed by atoms with Crippen LogP contribution in [0.2, 0.25) is 0 Å². The fourth-order valence-electron chi connectivity index (χ4n) is 3.96. The van der Waals surface area contributed by atoms with Crippen LogP contribution in [0.3, 0.4) is 0 Å². The van der Waals surface area contributed by atoms with E-state index in [2.05, 4.69) is 21.2 Å². The third-order valence-electron chi connectivity index (χ3n) is 5.72. The first-order valence-corrected chi connectivity index (χ1v) is 12.4. The summed E-state index contributed by atoms with van der Waals surface area (Å²) in [5, 5.41) is 12.6. The average Bonchev–Trinajstić information content (AvgIpc) is 2.82. The Morgan fingerprint density at radius 1 is 1.20 bits per heavy atom. The normalized spacial score (nSPS) is 27.3. The molecule has 35 heavy (non-hydrogen) atoms. The fourth-order valence-corrected chi connectivity index (χ4v) is 6.39. The molecule has 0 spiro atoms. The van der Waals surface area contributed by atoms with E-state index in [4.69, 9.17) is 9.47 Å². The van der Waals surface area contributed by atoms with E-state index >= 15 is 0 Å². The number of nitro benzene ring substituents is 1. The van der Waals surface area contributed by atoms with Crippen LogP contribution in [0.1, 0.15) is 19.4 Å². The number of ether oxygens (including phenoxy) is 2. The number of carbonyl (C=O) groups is 3. The van der Waals surface area contributed by atoms with Gasteiger partial charge < -0.3 is 19.7 Å². The van der Waals surface area contributed by atoms with Crippen LogP contribution >= 0.6 is 27.7 Å². The summed E-state index contributed by atoms with van der Waals surface area (Å²) < 4.78 is 10.4. The molecule has 0 aliphatic carbocycles. The molecular formula is C23H22BrN3O7S. The lowest BCUT2D eigenvalue weighted by molar-refractivity contribution is -0.384. The molecule has 4 unspecified atom stereocenters. The molecule has 184 valence electrons. The van der Waals surface area contributed by atoms with Crippen molar-refractivity contribution in [2.24, 2.45) is 0 Å². The van der Waals surface area contributed by atoms with E-state index in [1.54, 1.807) is 31.2 Å². The Morgan fingerprint density at radius 3 is 2.46 bits per heavy atom. The lowest BCUT2D eigenvalue weighted by Crippen LogP contribution is -2.78. The maximum absolute atomic E-state index is 13.3. The number of hydrogen-bond acceptors (Lipinski definition) is 8. The summed E-state index contributed by atoms with van der Waals surface area (Å²) >= 11 is 4.89. The molecule has 10 nitrogen and oxygen atoms in total. The van der Waals surface area contributed by atoms with E-state index in [1.807, 2.05) is 6.07 Å². The number of nitrogens with zero attached hydrogens (tertiary/aromatic N) is 2. The Labute approximate surface area is 213 Å². The highest BCUT2D eigenvalue weighted by Crippen LogP contribution is 2.50. The van der Waals surface area contributed by atoms with Crippen LogP contribution in [-0.4, -0.2) is 54.8 Å². The molecule has 2 heterocycles. The number of benzene rings is 2. The lowest BCUT2D eigenvalue weighted by atomic mass is 9.93. The van der Waals surface area contributed by atoms with Gasteiger partial charge in [0, 0.05) is 19.1 Å². The van der Waals surface area contributed by atoms with Crippen molar-refractivity contribution in [3.63, 3.8) is 0 Å². The predicted molar refractivity (Wildman–Crippen MR) is 131 cm³/mol. The number of esters is 1. The molecule has 0 bridgehead atoms. The zero-order valence-electron chi connectivity index (χ0n) is 18.8. The van der Waals surface area contributed by atoms with E-state index < -0.39 is 38.1 Å². The maximum atomic E-state index is 13.3. The van der Waals surface area contributed by atoms with E-state index in [0.29, 0.717) is 11.3 Å². The second-order valence-electron chi connectivity index (χ2n) is 8.29. The smallest absolute Gasteiger partial charge is 0.330 e. The van der Waals surface area contributed by atoms with Crippen LogP contribution in [0, 0.1) is 10.1 Å². The van der Waals surface area contributed by atoms with Gasteiger partial charge in [-0.1, -0.05) is 34.1 Å². The molecule has 1 N–H and O–H groups in total. The molecule has 5 atom stereocenters. The molecule has 2 aliphatic rings. The number of hydrogen-bond donors (Lipinski definition) is 1. The molecule has 0 saturated carbocycles. The summed E-state index contributed by atoms with van der Waals surface area (Å²) in [6.07, 6.45) is -0.827. The van der Waals surface area contributed by atoms with Crippen molar-refractivity contribution < 1.29 is 28.8 Å². The van der Waals surface area contributed by atoms with Gasteiger partial charge in [0.2, 0.25) is 12.0 Å². The summed E-state index contributed by atoms with van der Waals surface area (Å²) in [4.78, 5) is 50.0. The third-order valence-corrected chi connectivity index (χ3v) is 8.55. The molecule has 12 heteroatoms. The molecule has 2 aliphatic heterocycles. The average molecular weight is 564 g/mol. The summed E-state index contributed by atoms with van der Waals surface area (Å²) in [5.74, 6) is -0.803. The quantitative estimate of drug-likeness (QED) is 0.179. The number of carbonyl (C=O) groups excluding carboxylic acids is 3. The Hall–Kier alpha value is -3.12. The molecule has 2 saturated heterocycles. The largest absolute Gasteiger partial charge is 0.477 e. The van der Waals surface area contributed by atoms with Crippen molar-refractivity contribution >= 4 is 51.2 Å². The number of fused-ring (bicyclic) bond motifs is 1. The van der Waals surface area contributed by atoms with Gasteiger partial charge in [-0.15, -0.1) is 11.8 Å².